The molecular formula is C18H12ClI2NO2S2. The van der Waals surface area contributed by atoms with Crippen LogP contribution < -0.4 is 9.64 Å². The first kappa shape index (κ1) is 20.4. The second-order valence-corrected chi connectivity index (χ2v) is 9.76. The second kappa shape index (κ2) is 8.76. The highest BCUT2D eigenvalue weighted by molar-refractivity contribution is 14.1. The maximum Gasteiger partial charge on any atom is 0.270 e. The maximum atomic E-state index is 12.9. The lowest BCUT2D eigenvalue weighted by atomic mass is 10.2. The van der Waals surface area contributed by atoms with Gasteiger partial charge in [-0.1, -0.05) is 41.6 Å². The summed E-state index contributed by atoms with van der Waals surface area (Å²) >= 11 is 17.3. The molecule has 1 amide bonds. The number of thioether (sulfide) groups is 1. The largest absolute Gasteiger partial charge is 0.492 e. The molecule has 0 saturated carbocycles. The van der Waals surface area contributed by atoms with E-state index in [-0.39, 0.29) is 5.91 Å². The summed E-state index contributed by atoms with van der Waals surface area (Å²) in [6.07, 6.45) is 1.85. The third-order valence-electron chi connectivity index (χ3n) is 3.47. The Labute approximate surface area is 193 Å². The van der Waals surface area contributed by atoms with Gasteiger partial charge in [0.05, 0.1) is 20.8 Å². The molecule has 134 valence electrons. The normalized spacial score (nSPS) is 15.8. The molecule has 1 aliphatic heterocycles. The standard InChI is InChI=1S/C18H12ClI2NO2S2/c1-2-24-16-10(6-12(20)9-14(16)21)7-15-17(23)22(18(25)26-15)13-5-3-4-11(19)8-13/h3-9H,2H2,1H3/b15-7-. The van der Waals surface area contributed by atoms with Gasteiger partial charge in [-0.15, -0.1) is 0 Å². The van der Waals surface area contributed by atoms with E-state index in [0.29, 0.717) is 26.5 Å². The maximum absolute atomic E-state index is 12.9. The average molecular weight is 628 g/mol. The molecule has 0 N–H and O–H groups in total. The van der Waals surface area contributed by atoms with Gasteiger partial charge in [0.2, 0.25) is 0 Å². The number of carbonyl (C=O) groups excluding carboxylic acids is 1. The summed E-state index contributed by atoms with van der Waals surface area (Å²) in [7, 11) is 0. The van der Waals surface area contributed by atoms with Crippen LogP contribution in [-0.4, -0.2) is 16.8 Å². The van der Waals surface area contributed by atoms with Gasteiger partial charge in [-0.2, -0.15) is 0 Å². The van der Waals surface area contributed by atoms with Crippen molar-refractivity contribution in [2.75, 3.05) is 11.5 Å². The van der Waals surface area contributed by atoms with Crippen LogP contribution in [0.5, 0.6) is 5.75 Å². The van der Waals surface area contributed by atoms with Gasteiger partial charge in [0, 0.05) is 14.2 Å². The number of anilines is 1. The Morgan fingerprint density at radius 1 is 1.31 bits per heavy atom. The molecule has 0 aliphatic carbocycles. The summed E-state index contributed by atoms with van der Waals surface area (Å²) in [6, 6.07) is 11.2. The molecule has 3 nitrogen and oxygen atoms in total. The SMILES string of the molecule is CCOc1c(I)cc(I)cc1/C=C1\SC(=S)N(c2cccc(Cl)c2)C1=O. The summed E-state index contributed by atoms with van der Waals surface area (Å²) < 4.78 is 8.35. The topological polar surface area (TPSA) is 29.5 Å². The molecule has 0 unspecified atom stereocenters. The van der Waals surface area contributed by atoms with E-state index in [9.17, 15) is 4.79 Å². The molecule has 0 bridgehead atoms. The minimum Gasteiger partial charge on any atom is -0.492 e. The van der Waals surface area contributed by atoms with Crippen LogP contribution >= 0.6 is 80.8 Å². The summed E-state index contributed by atoms with van der Waals surface area (Å²) in [5.74, 6) is 0.625. The number of hydrogen-bond acceptors (Lipinski definition) is 4. The monoisotopic (exact) mass is 627 g/mol. The average Bonchev–Trinajstić information content (AvgIpc) is 2.84. The van der Waals surface area contributed by atoms with Crippen molar-refractivity contribution in [3.63, 3.8) is 0 Å². The van der Waals surface area contributed by atoms with Gasteiger partial charge in [-0.25, -0.2) is 0 Å². The second-order valence-electron chi connectivity index (χ2n) is 5.24. The van der Waals surface area contributed by atoms with Gasteiger partial charge in [-0.3, -0.25) is 9.69 Å². The van der Waals surface area contributed by atoms with Crippen LogP contribution in [0.4, 0.5) is 5.69 Å². The summed E-state index contributed by atoms with van der Waals surface area (Å²) in [5.41, 5.74) is 1.54. The predicted molar refractivity (Wildman–Crippen MR) is 130 cm³/mol. The molecule has 2 aromatic carbocycles. The fraction of sp³-hybridized carbons (Fsp3) is 0.111. The van der Waals surface area contributed by atoms with Crippen molar-refractivity contribution in [3.05, 3.63) is 59.0 Å². The highest BCUT2D eigenvalue weighted by Gasteiger charge is 2.33. The van der Waals surface area contributed by atoms with Gasteiger partial charge in [0.25, 0.3) is 5.91 Å². The molecule has 3 rings (SSSR count). The van der Waals surface area contributed by atoms with Crippen LogP contribution in [0.15, 0.2) is 41.3 Å². The van der Waals surface area contributed by atoms with E-state index in [0.717, 1.165) is 18.5 Å². The van der Waals surface area contributed by atoms with E-state index in [1.165, 1.54) is 16.7 Å². The number of halogens is 3. The lowest BCUT2D eigenvalue weighted by Gasteiger charge is -2.14. The van der Waals surface area contributed by atoms with E-state index in [4.69, 9.17) is 28.6 Å². The highest BCUT2D eigenvalue weighted by atomic mass is 127. The lowest BCUT2D eigenvalue weighted by molar-refractivity contribution is -0.113. The Kier molecular flexibility index (Phi) is 6.87. The van der Waals surface area contributed by atoms with Crippen molar-refractivity contribution in [1.29, 1.82) is 0 Å². The predicted octanol–water partition coefficient (Wildman–Crippen LogP) is 6.35. The lowest BCUT2D eigenvalue weighted by Crippen LogP contribution is -2.27. The first-order valence-electron chi connectivity index (χ1n) is 7.56. The molecule has 2 aromatic rings. The molecule has 1 heterocycles. The first-order valence-corrected chi connectivity index (χ1v) is 11.3. The van der Waals surface area contributed by atoms with E-state index in [1.54, 1.807) is 18.2 Å². The zero-order valence-electron chi connectivity index (χ0n) is 13.5. The van der Waals surface area contributed by atoms with Crippen molar-refractivity contribution < 1.29 is 9.53 Å². The number of benzene rings is 2. The van der Waals surface area contributed by atoms with Crippen molar-refractivity contribution >= 4 is 103 Å². The van der Waals surface area contributed by atoms with Crippen molar-refractivity contribution in [3.8, 4) is 5.75 Å². The first-order chi connectivity index (χ1) is 12.4. The van der Waals surface area contributed by atoms with Crippen LogP contribution in [0.1, 0.15) is 12.5 Å². The van der Waals surface area contributed by atoms with Crippen LogP contribution in [-0.2, 0) is 4.79 Å². The quantitative estimate of drug-likeness (QED) is 0.225. The van der Waals surface area contributed by atoms with Crippen LogP contribution in [0.3, 0.4) is 0 Å². The van der Waals surface area contributed by atoms with Gasteiger partial charge in [-0.05, 0) is 88.5 Å². The molecule has 0 radical (unpaired) electrons. The minimum atomic E-state index is -0.154. The molecule has 1 fully saturated rings. The van der Waals surface area contributed by atoms with E-state index < -0.39 is 0 Å². The zero-order valence-corrected chi connectivity index (χ0v) is 20.2. The number of hydrogen-bond donors (Lipinski definition) is 0. The van der Waals surface area contributed by atoms with Crippen molar-refractivity contribution in [2.24, 2.45) is 0 Å². The number of carbonyl (C=O) groups is 1. The van der Waals surface area contributed by atoms with Crippen molar-refractivity contribution in [1.82, 2.24) is 0 Å². The molecule has 0 aromatic heterocycles. The Hall–Kier alpha value is -0.360. The summed E-state index contributed by atoms with van der Waals surface area (Å²) in [5, 5.41) is 0.561. The fourth-order valence-electron chi connectivity index (χ4n) is 2.43. The number of nitrogens with zero attached hydrogens (tertiary/aromatic N) is 1. The van der Waals surface area contributed by atoms with Gasteiger partial charge in [0.15, 0.2) is 4.32 Å². The highest BCUT2D eigenvalue weighted by Crippen LogP contribution is 2.38. The third kappa shape index (κ3) is 4.37. The molecule has 26 heavy (non-hydrogen) atoms. The van der Waals surface area contributed by atoms with Gasteiger partial charge >= 0.3 is 0 Å². The third-order valence-corrected chi connectivity index (χ3v) is 6.43. The van der Waals surface area contributed by atoms with E-state index >= 15 is 0 Å². The Bertz CT molecular complexity index is 933. The molecule has 8 heteroatoms. The smallest absolute Gasteiger partial charge is 0.270 e. The Balaban J connectivity index is 2.01. The van der Waals surface area contributed by atoms with Crippen LogP contribution in [0, 0.1) is 7.14 Å². The molecular weight excluding hydrogens is 616 g/mol. The Morgan fingerprint density at radius 3 is 2.77 bits per heavy atom. The number of amides is 1. The number of rotatable bonds is 4. The minimum absolute atomic E-state index is 0.154. The number of ether oxygens (including phenoxy) is 1. The van der Waals surface area contributed by atoms with Crippen LogP contribution in [0.25, 0.3) is 6.08 Å². The molecule has 1 saturated heterocycles. The number of thiocarbonyl (C=S) groups is 1. The molecule has 0 atom stereocenters. The Morgan fingerprint density at radius 2 is 2.08 bits per heavy atom. The van der Waals surface area contributed by atoms with E-state index in [2.05, 4.69) is 45.2 Å². The summed E-state index contributed by atoms with van der Waals surface area (Å²) in [4.78, 5) is 15.0. The van der Waals surface area contributed by atoms with Crippen molar-refractivity contribution in [2.45, 2.75) is 6.92 Å². The zero-order chi connectivity index (χ0) is 18.8. The molecule has 1 aliphatic rings. The fourth-order valence-corrected chi connectivity index (χ4v) is 5.95. The van der Waals surface area contributed by atoms with Crippen LogP contribution in [0.2, 0.25) is 5.02 Å². The summed E-state index contributed by atoms with van der Waals surface area (Å²) in [6.45, 7) is 2.50. The van der Waals surface area contributed by atoms with Gasteiger partial charge in [0.1, 0.15) is 5.75 Å². The van der Waals surface area contributed by atoms with Gasteiger partial charge < -0.3 is 4.74 Å². The molecule has 0 spiro atoms. The van der Waals surface area contributed by atoms with E-state index in [1.807, 2.05) is 31.2 Å².